The van der Waals surface area contributed by atoms with Crippen molar-refractivity contribution in [3.63, 3.8) is 0 Å². The number of anilines is 2. The van der Waals surface area contributed by atoms with Crippen LogP contribution in [0.5, 0.6) is 11.5 Å². The molecule has 9 heteroatoms. The summed E-state index contributed by atoms with van der Waals surface area (Å²) in [6.45, 7) is 0. The Morgan fingerprint density at radius 1 is 0.970 bits per heavy atom. The first-order valence-corrected chi connectivity index (χ1v) is 10.9. The minimum absolute atomic E-state index is 0.0346. The van der Waals surface area contributed by atoms with Gasteiger partial charge in [-0.05, 0) is 36.4 Å². The van der Waals surface area contributed by atoms with Gasteiger partial charge in [0.25, 0.3) is 5.91 Å². The third kappa shape index (κ3) is 3.40. The Labute approximate surface area is 199 Å². The Morgan fingerprint density at radius 2 is 1.67 bits per heavy atom. The van der Waals surface area contributed by atoms with Gasteiger partial charge in [-0.15, -0.1) is 0 Å². The molecule has 2 aliphatic rings. The molecule has 3 atom stereocenters. The fraction of sp³-hybridized carbons (Fsp3) is 0.167. The summed E-state index contributed by atoms with van der Waals surface area (Å²) >= 11 is 12.4. The molecule has 0 aromatic heterocycles. The second kappa shape index (κ2) is 8.26. The van der Waals surface area contributed by atoms with Crippen molar-refractivity contribution in [2.24, 2.45) is 5.92 Å². The molecule has 168 valence electrons. The molecular weight excluding hydrogens is 467 g/mol. The molecule has 0 spiro atoms. The SMILES string of the molecule is COc1ccccc1N1C(=O)C2ON(c3ccccc3)C(c3cc(Cl)cc(Cl)c3O)C2C1=O. The number of benzene rings is 3. The summed E-state index contributed by atoms with van der Waals surface area (Å²) in [4.78, 5) is 34.3. The van der Waals surface area contributed by atoms with Gasteiger partial charge >= 0.3 is 0 Å². The predicted octanol–water partition coefficient (Wildman–Crippen LogP) is 4.76. The molecule has 5 rings (SSSR count). The van der Waals surface area contributed by atoms with Gasteiger partial charge in [-0.1, -0.05) is 53.5 Å². The first-order chi connectivity index (χ1) is 15.9. The summed E-state index contributed by atoms with van der Waals surface area (Å²) in [7, 11) is 1.47. The molecule has 3 unspecified atom stereocenters. The summed E-state index contributed by atoms with van der Waals surface area (Å²) < 4.78 is 5.36. The predicted molar refractivity (Wildman–Crippen MR) is 124 cm³/mol. The van der Waals surface area contributed by atoms with Gasteiger partial charge in [0.2, 0.25) is 5.91 Å². The Morgan fingerprint density at radius 3 is 2.39 bits per heavy atom. The lowest BCUT2D eigenvalue weighted by Crippen LogP contribution is -2.37. The van der Waals surface area contributed by atoms with Gasteiger partial charge in [0.15, 0.2) is 6.10 Å². The van der Waals surface area contributed by atoms with Gasteiger partial charge in [-0.3, -0.25) is 14.4 Å². The fourth-order valence-corrected chi connectivity index (χ4v) is 4.90. The van der Waals surface area contributed by atoms with Crippen LogP contribution >= 0.6 is 23.2 Å². The summed E-state index contributed by atoms with van der Waals surface area (Å²) in [5.74, 6) is -1.81. The van der Waals surface area contributed by atoms with Crippen LogP contribution in [0.3, 0.4) is 0 Å². The fourth-order valence-electron chi connectivity index (χ4n) is 4.39. The molecule has 3 aromatic carbocycles. The van der Waals surface area contributed by atoms with Crippen LogP contribution in [0.25, 0.3) is 0 Å². The zero-order valence-corrected chi connectivity index (χ0v) is 18.8. The van der Waals surface area contributed by atoms with Crippen molar-refractivity contribution in [3.05, 3.63) is 82.3 Å². The van der Waals surface area contributed by atoms with Crippen LogP contribution in [0.4, 0.5) is 11.4 Å². The summed E-state index contributed by atoms with van der Waals surface area (Å²) in [6, 6.07) is 17.8. The minimum Gasteiger partial charge on any atom is -0.506 e. The Bertz CT molecular complexity index is 1250. The maximum atomic E-state index is 13.7. The van der Waals surface area contributed by atoms with E-state index in [0.29, 0.717) is 17.1 Å². The monoisotopic (exact) mass is 484 g/mol. The van der Waals surface area contributed by atoms with Crippen LogP contribution in [-0.4, -0.2) is 30.1 Å². The third-order valence-corrected chi connectivity index (χ3v) is 6.33. The lowest BCUT2D eigenvalue weighted by molar-refractivity contribution is -0.126. The standard InChI is InChI=1S/C24H18Cl2N2O5/c1-32-18-10-6-5-9-17(18)27-23(30)19-20(15-11-13(25)12-16(26)21(15)29)28(33-22(19)24(27)31)14-7-3-2-4-8-14/h2-12,19-20,22,29H,1H3. The Hall–Kier alpha value is -3.26. The highest BCUT2D eigenvalue weighted by Gasteiger charge is 2.61. The number of hydrogen-bond acceptors (Lipinski definition) is 6. The molecule has 33 heavy (non-hydrogen) atoms. The number of phenolic OH excluding ortho intramolecular Hbond substituents is 1. The topological polar surface area (TPSA) is 79.3 Å². The van der Waals surface area contributed by atoms with Crippen molar-refractivity contribution < 1.29 is 24.3 Å². The average molecular weight is 485 g/mol. The number of methoxy groups -OCH3 is 1. The number of hydrogen-bond donors (Lipinski definition) is 1. The van der Waals surface area contributed by atoms with Gasteiger partial charge < -0.3 is 9.84 Å². The molecule has 3 aromatic rings. The van der Waals surface area contributed by atoms with E-state index in [4.69, 9.17) is 32.8 Å². The van der Waals surface area contributed by atoms with Crippen molar-refractivity contribution in [3.8, 4) is 11.5 Å². The molecule has 0 radical (unpaired) electrons. The normalized spacial score (nSPS) is 22.1. The summed E-state index contributed by atoms with van der Waals surface area (Å²) in [5, 5.41) is 12.6. The number of para-hydroxylation sites is 3. The van der Waals surface area contributed by atoms with Crippen LogP contribution in [0.1, 0.15) is 11.6 Å². The molecule has 2 amide bonds. The highest BCUT2D eigenvalue weighted by Crippen LogP contribution is 2.51. The number of nitrogens with zero attached hydrogens (tertiary/aromatic N) is 2. The molecule has 0 aliphatic carbocycles. The smallest absolute Gasteiger partial charge is 0.266 e. The van der Waals surface area contributed by atoms with Gasteiger partial charge in [0, 0.05) is 10.6 Å². The van der Waals surface area contributed by atoms with E-state index in [-0.39, 0.29) is 21.4 Å². The second-order valence-electron chi connectivity index (χ2n) is 7.67. The Kier molecular flexibility index (Phi) is 5.40. The van der Waals surface area contributed by atoms with Crippen LogP contribution in [0.15, 0.2) is 66.7 Å². The number of phenols is 1. The van der Waals surface area contributed by atoms with Crippen molar-refractivity contribution in [1.82, 2.24) is 0 Å². The molecule has 0 saturated carbocycles. The minimum atomic E-state index is -1.11. The maximum Gasteiger partial charge on any atom is 0.266 e. The van der Waals surface area contributed by atoms with E-state index >= 15 is 0 Å². The molecule has 7 nitrogen and oxygen atoms in total. The van der Waals surface area contributed by atoms with Crippen molar-refractivity contribution in [1.29, 1.82) is 0 Å². The number of rotatable bonds is 4. The largest absolute Gasteiger partial charge is 0.506 e. The van der Waals surface area contributed by atoms with Crippen molar-refractivity contribution in [2.75, 3.05) is 17.1 Å². The zero-order chi connectivity index (χ0) is 23.3. The molecule has 2 heterocycles. The van der Waals surface area contributed by atoms with E-state index in [0.717, 1.165) is 4.90 Å². The number of imide groups is 1. The van der Waals surface area contributed by atoms with Gasteiger partial charge in [-0.2, -0.15) is 0 Å². The zero-order valence-electron chi connectivity index (χ0n) is 17.3. The Balaban J connectivity index is 1.65. The third-order valence-electron chi connectivity index (χ3n) is 5.83. The van der Waals surface area contributed by atoms with Gasteiger partial charge in [0.05, 0.1) is 29.5 Å². The molecule has 2 saturated heterocycles. The average Bonchev–Trinajstić information content (AvgIpc) is 3.32. The van der Waals surface area contributed by atoms with Crippen LogP contribution in [0, 0.1) is 5.92 Å². The van der Waals surface area contributed by atoms with Crippen LogP contribution < -0.4 is 14.7 Å². The van der Waals surface area contributed by atoms with E-state index in [9.17, 15) is 14.7 Å². The van der Waals surface area contributed by atoms with Crippen molar-refractivity contribution >= 4 is 46.4 Å². The van der Waals surface area contributed by atoms with E-state index in [1.807, 2.05) is 6.07 Å². The highest BCUT2D eigenvalue weighted by atomic mass is 35.5. The summed E-state index contributed by atoms with van der Waals surface area (Å²) in [5.41, 5.74) is 1.22. The molecule has 2 aliphatic heterocycles. The number of carbonyl (C=O) groups excluding carboxylic acids is 2. The van der Waals surface area contributed by atoms with Crippen molar-refractivity contribution in [2.45, 2.75) is 12.1 Å². The van der Waals surface area contributed by atoms with Gasteiger partial charge in [-0.25, -0.2) is 9.96 Å². The van der Waals surface area contributed by atoms with Crippen LogP contribution in [0.2, 0.25) is 10.0 Å². The molecular formula is C24H18Cl2N2O5. The number of carbonyl (C=O) groups is 2. The van der Waals surface area contributed by atoms with E-state index in [1.165, 1.54) is 24.3 Å². The van der Waals surface area contributed by atoms with Gasteiger partial charge in [0.1, 0.15) is 17.4 Å². The van der Waals surface area contributed by atoms with Crippen LogP contribution in [-0.2, 0) is 14.4 Å². The quantitative estimate of drug-likeness (QED) is 0.537. The molecule has 2 fully saturated rings. The number of hydroxylamine groups is 1. The first-order valence-electron chi connectivity index (χ1n) is 10.1. The second-order valence-corrected chi connectivity index (χ2v) is 8.51. The number of amides is 2. The maximum absolute atomic E-state index is 13.7. The summed E-state index contributed by atoms with van der Waals surface area (Å²) in [6.07, 6.45) is -1.11. The van der Waals surface area contributed by atoms with E-state index in [1.54, 1.807) is 48.5 Å². The van der Waals surface area contributed by atoms with E-state index < -0.39 is 29.9 Å². The number of halogens is 2. The lowest BCUT2D eigenvalue weighted by atomic mass is 9.90. The number of ether oxygens (including phenoxy) is 1. The van der Waals surface area contributed by atoms with E-state index in [2.05, 4.69) is 0 Å². The number of aromatic hydroxyl groups is 1. The lowest BCUT2D eigenvalue weighted by Gasteiger charge is -2.29. The first kappa shape index (κ1) is 21.6. The number of fused-ring (bicyclic) bond motifs is 1. The highest BCUT2D eigenvalue weighted by molar-refractivity contribution is 6.35. The molecule has 1 N–H and O–H groups in total. The molecule has 0 bridgehead atoms.